The molecule has 1 aromatic carbocycles. The number of hydrogen-bond acceptors (Lipinski definition) is 6. The summed E-state index contributed by atoms with van der Waals surface area (Å²) in [5.41, 5.74) is 4.48. The number of nitro benzene ring substituents is 1. The zero-order chi connectivity index (χ0) is 15.4. The van der Waals surface area contributed by atoms with Crippen molar-refractivity contribution in [3.05, 3.63) is 33.9 Å². The minimum absolute atomic E-state index is 0.139. The number of rotatable bonds is 3. The van der Waals surface area contributed by atoms with Gasteiger partial charge in [0.1, 0.15) is 0 Å². The van der Waals surface area contributed by atoms with E-state index >= 15 is 0 Å². The molecule has 2 amide bonds. The highest BCUT2D eigenvalue weighted by Crippen LogP contribution is 2.28. The van der Waals surface area contributed by atoms with Crippen LogP contribution in [0.5, 0.6) is 5.75 Å². The lowest BCUT2D eigenvalue weighted by atomic mass is 10.1. The Morgan fingerprint density at radius 3 is 2.57 bits per heavy atom. The zero-order valence-electron chi connectivity index (χ0n) is 11.0. The van der Waals surface area contributed by atoms with Crippen LogP contribution < -0.4 is 10.5 Å². The summed E-state index contributed by atoms with van der Waals surface area (Å²) in [5.74, 6) is -0.641. The number of primary amides is 1. The molecule has 0 radical (unpaired) electrons. The van der Waals surface area contributed by atoms with Gasteiger partial charge in [0.25, 0.3) is 5.91 Å². The van der Waals surface area contributed by atoms with Gasteiger partial charge in [0.2, 0.25) is 5.75 Å². The molecule has 2 rings (SSSR count). The Balaban J connectivity index is 2.28. The van der Waals surface area contributed by atoms with Crippen molar-refractivity contribution >= 4 is 17.7 Å². The molecule has 1 aliphatic rings. The highest BCUT2D eigenvalue weighted by Gasteiger charge is 2.24. The van der Waals surface area contributed by atoms with E-state index in [-0.39, 0.29) is 17.2 Å². The molecule has 2 N–H and O–H groups in total. The summed E-state index contributed by atoms with van der Waals surface area (Å²) in [7, 11) is 0. The molecule has 1 heterocycles. The molecule has 0 bridgehead atoms. The van der Waals surface area contributed by atoms with Crippen molar-refractivity contribution in [2.24, 2.45) is 5.73 Å². The first kappa shape index (κ1) is 14.7. The third kappa shape index (κ3) is 3.45. The lowest BCUT2D eigenvalue weighted by Crippen LogP contribution is -2.40. The fourth-order valence-electron chi connectivity index (χ4n) is 1.94. The number of carbonyl (C=O) groups is 2. The topological polar surface area (TPSA) is 125 Å². The fourth-order valence-corrected chi connectivity index (χ4v) is 1.94. The molecule has 9 heteroatoms. The Bertz CT molecular complexity index is 582. The van der Waals surface area contributed by atoms with Gasteiger partial charge in [-0.1, -0.05) is 0 Å². The molecule has 1 aromatic rings. The number of carbonyl (C=O) groups excluding carboxylic acids is 2. The average Bonchev–Trinajstić information content (AvgIpc) is 2.47. The molecule has 1 saturated heterocycles. The number of benzene rings is 1. The average molecular weight is 295 g/mol. The van der Waals surface area contributed by atoms with Crippen LogP contribution in [-0.2, 0) is 4.74 Å². The first-order valence-corrected chi connectivity index (χ1v) is 6.12. The van der Waals surface area contributed by atoms with Gasteiger partial charge in [-0.05, 0) is 12.1 Å². The van der Waals surface area contributed by atoms with Crippen molar-refractivity contribution in [2.45, 2.75) is 0 Å². The molecule has 0 aromatic heterocycles. The Labute approximate surface area is 119 Å². The minimum atomic E-state index is -1.16. The molecule has 0 aliphatic carbocycles. The third-order valence-corrected chi connectivity index (χ3v) is 2.91. The number of nitro groups is 1. The lowest BCUT2D eigenvalue weighted by molar-refractivity contribution is -0.385. The zero-order valence-corrected chi connectivity index (χ0v) is 11.0. The Morgan fingerprint density at radius 2 is 2.00 bits per heavy atom. The number of ether oxygens (including phenoxy) is 2. The predicted octanol–water partition coefficient (Wildman–Crippen LogP) is 0.525. The molecule has 21 heavy (non-hydrogen) atoms. The summed E-state index contributed by atoms with van der Waals surface area (Å²) in [5, 5.41) is 11.0. The highest BCUT2D eigenvalue weighted by molar-refractivity contribution is 5.95. The van der Waals surface area contributed by atoms with Crippen molar-refractivity contribution in [2.75, 3.05) is 26.3 Å². The van der Waals surface area contributed by atoms with Gasteiger partial charge in [0, 0.05) is 24.7 Å². The van der Waals surface area contributed by atoms with Crippen LogP contribution in [0.4, 0.5) is 10.5 Å². The molecule has 0 unspecified atom stereocenters. The number of hydrogen-bond donors (Lipinski definition) is 1. The van der Waals surface area contributed by atoms with Gasteiger partial charge < -0.3 is 20.1 Å². The lowest BCUT2D eigenvalue weighted by Gasteiger charge is -2.26. The quantitative estimate of drug-likeness (QED) is 0.640. The minimum Gasteiger partial charge on any atom is -0.403 e. The van der Waals surface area contributed by atoms with Gasteiger partial charge in [-0.2, -0.15) is 0 Å². The van der Waals surface area contributed by atoms with E-state index in [1.807, 2.05) is 0 Å². The van der Waals surface area contributed by atoms with E-state index < -0.39 is 16.7 Å². The van der Waals surface area contributed by atoms with E-state index in [4.69, 9.17) is 10.5 Å². The standard InChI is InChI=1S/C12H13N3O6/c13-12(17)21-10-2-1-8(7-9(10)15(18)19)11(16)14-3-5-20-6-4-14/h1-2,7H,3-6H2,(H2,13,17). The molecular formula is C12H13N3O6. The number of nitrogens with zero attached hydrogens (tertiary/aromatic N) is 2. The maximum atomic E-state index is 12.2. The first-order chi connectivity index (χ1) is 9.99. The van der Waals surface area contributed by atoms with E-state index in [9.17, 15) is 19.7 Å². The van der Waals surface area contributed by atoms with Crippen LogP contribution in [0.15, 0.2) is 18.2 Å². The van der Waals surface area contributed by atoms with Crippen molar-refractivity contribution in [1.82, 2.24) is 4.90 Å². The van der Waals surface area contributed by atoms with Crippen LogP contribution in [0, 0.1) is 10.1 Å². The highest BCUT2D eigenvalue weighted by atomic mass is 16.6. The second-order valence-electron chi connectivity index (χ2n) is 4.27. The normalized spacial score (nSPS) is 14.6. The van der Waals surface area contributed by atoms with Crippen molar-refractivity contribution in [1.29, 1.82) is 0 Å². The van der Waals surface area contributed by atoms with Crippen molar-refractivity contribution < 1.29 is 24.0 Å². The molecule has 1 fully saturated rings. The van der Waals surface area contributed by atoms with E-state index in [0.717, 1.165) is 6.07 Å². The number of nitrogens with two attached hydrogens (primary N) is 1. The summed E-state index contributed by atoms with van der Waals surface area (Å²) < 4.78 is 9.68. The Morgan fingerprint density at radius 1 is 1.33 bits per heavy atom. The molecule has 1 aliphatic heterocycles. The monoisotopic (exact) mass is 295 g/mol. The SMILES string of the molecule is NC(=O)Oc1ccc(C(=O)N2CCOCC2)cc1[N+](=O)[O-]. The Kier molecular flexibility index (Phi) is 4.33. The summed E-state index contributed by atoms with van der Waals surface area (Å²) in [4.78, 5) is 34.7. The first-order valence-electron chi connectivity index (χ1n) is 6.12. The maximum absolute atomic E-state index is 12.2. The van der Waals surface area contributed by atoms with Crippen molar-refractivity contribution in [3.63, 3.8) is 0 Å². The maximum Gasteiger partial charge on any atom is 0.410 e. The molecule has 0 saturated carbocycles. The van der Waals surface area contributed by atoms with Gasteiger partial charge in [0.15, 0.2) is 0 Å². The van der Waals surface area contributed by atoms with E-state index in [1.54, 1.807) is 0 Å². The van der Waals surface area contributed by atoms with Crippen LogP contribution in [0.2, 0.25) is 0 Å². The molecule has 112 valence electrons. The summed E-state index contributed by atoms with van der Waals surface area (Å²) in [6, 6.07) is 3.59. The fraction of sp³-hybridized carbons (Fsp3) is 0.333. The van der Waals surface area contributed by atoms with E-state index in [0.29, 0.717) is 26.3 Å². The van der Waals surface area contributed by atoms with Gasteiger partial charge in [0.05, 0.1) is 18.1 Å². The van der Waals surface area contributed by atoms with Crippen molar-refractivity contribution in [3.8, 4) is 5.75 Å². The second-order valence-corrected chi connectivity index (χ2v) is 4.27. The molecule has 9 nitrogen and oxygen atoms in total. The summed E-state index contributed by atoms with van der Waals surface area (Å²) in [6.07, 6.45) is -1.16. The molecule has 0 spiro atoms. The summed E-state index contributed by atoms with van der Waals surface area (Å²) >= 11 is 0. The molecule has 0 atom stereocenters. The van der Waals surface area contributed by atoms with Crippen LogP contribution >= 0.6 is 0 Å². The smallest absolute Gasteiger partial charge is 0.403 e. The van der Waals surface area contributed by atoms with E-state index in [2.05, 4.69) is 4.74 Å². The third-order valence-electron chi connectivity index (χ3n) is 2.91. The van der Waals surface area contributed by atoms with Crippen LogP contribution in [0.3, 0.4) is 0 Å². The number of amides is 2. The Hall–Kier alpha value is -2.68. The van der Waals surface area contributed by atoms with Crippen LogP contribution in [-0.4, -0.2) is 48.1 Å². The van der Waals surface area contributed by atoms with Gasteiger partial charge in [-0.25, -0.2) is 4.79 Å². The van der Waals surface area contributed by atoms with Crippen LogP contribution in [0.25, 0.3) is 0 Å². The predicted molar refractivity (Wildman–Crippen MR) is 70.0 cm³/mol. The number of morpholine rings is 1. The largest absolute Gasteiger partial charge is 0.410 e. The van der Waals surface area contributed by atoms with E-state index in [1.165, 1.54) is 17.0 Å². The van der Waals surface area contributed by atoms with Gasteiger partial charge >= 0.3 is 11.8 Å². The second kappa shape index (κ2) is 6.18. The van der Waals surface area contributed by atoms with Crippen LogP contribution in [0.1, 0.15) is 10.4 Å². The summed E-state index contributed by atoms with van der Waals surface area (Å²) in [6.45, 7) is 1.70. The molecular weight excluding hydrogens is 282 g/mol. The van der Waals surface area contributed by atoms with Gasteiger partial charge in [-0.15, -0.1) is 0 Å². The van der Waals surface area contributed by atoms with Gasteiger partial charge in [-0.3, -0.25) is 14.9 Å².